The molecule has 0 aliphatic carbocycles. The number of rotatable bonds is 3. The molecule has 3 aromatic carbocycles. The van der Waals surface area contributed by atoms with Crippen LogP contribution in [0.15, 0.2) is 66.7 Å². The number of aromatic nitrogens is 1. The van der Waals surface area contributed by atoms with E-state index in [-0.39, 0.29) is 5.91 Å². The number of nitrogens with zero attached hydrogens (tertiary/aromatic N) is 2. The molecular weight excluding hydrogens is 354 g/mol. The summed E-state index contributed by atoms with van der Waals surface area (Å²) in [6, 6.07) is 22.5. The first-order chi connectivity index (χ1) is 13.1. The van der Waals surface area contributed by atoms with Gasteiger partial charge in [0.2, 0.25) is 0 Å². The van der Waals surface area contributed by atoms with Crippen LogP contribution in [0.1, 0.15) is 21.5 Å². The van der Waals surface area contributed by atoms with Gasteiger partial charge in [-0.15, -0.1) is 11.3 Å². The molecule has 0 saturated carbocycles. The van der Waals surface area contributed by atoms with Crippen LogP contribution in [-0.4, -0.2) is 10.9 Å². The number of fused-ring (bicyclic) bond motifs is 1. The third kappa shape index (κ3) is 3.57. The minimum atomic E-state index is -0.240. The molecule has 27 heavy (non-hydrogen) atoms. The highest BCUT2D eigenvalue weighted by atomic mass is 32.1. The van der Waals surface area contributed by atoms with Crippen LogP contribution in [0.4, 0.5) is 5.69 Å². The van der Waals surface area contributed by atoms with Crippen molar-refractivity contribution in [2.45, 2.75) is 6.92 Å². The number of anilines is 1. The number of hydrogen-bond acceptors (Lipinski definition) is 4. The van der Waals surface area contributed by atoms with Gasteiger partial charge in [-0.3, -0.25) is 4.79 Å². The zero-order chi connectivity index (χ0) is 18.8. The van der Waals surface area contributed by atoms with Gasteiger partial charge in [-0.25, -0.2) is 4.98 Å². The van der Waals surface area contributed by atoms with Crippen molar-refractivity contribution >= 4 is 33.1 Å². The van der Waals surface area contributed by atoms with Crippen molar-refractivity contribution in [3.63, 3.8) is 0 Å². The minimum Gasteiger partial charge on any atom is -0.322 e. The second-order valence-electron chi connectivity index (χ2n) is 6.21. The summed E-state index contributed by atoms with van der Waals surface area (Å²) in [5, 5.41) is 12.8. The molecule has 4 aromatic rings. The predicted molar refractivity (Wildman–Crippen MR) is 109 cm³/mol. The fourth-order valence-electron chi connectivity index (χ4n) is 2.78. The van der Waals surface area contributed by atoms with Crippen molar-refractivity contribution in [1.82, 2.24) is 4.98 Å². The van der Waals surface area contributed by atoms with Gasteiger partial charge in [0.25, 0.3) is 5.91 Å². The Morgan fingerprint density at radius 1 is 1.07 bits per heavy atom. The molecule has 0 spiro atoms. The van der Waals surface area contributed by atoms with E-state index in [1.807, 2.05) is 36.4 Å². The molecule has 0 aliphatic heterocycles. The van der Waals surface area contributed by atoms with Crippen LogP contribution >= 0.6 is 11.3 Å². The number of thiazole rings is 1. The Bertz CT molecular complexity index is 1190. The second-order valence-corrected chi connectivity index (χ2v) is 7.24. The summed E-state index contributed by atoms with van der Waals surface area (Å²) in [6.07, 6.45) is 0. The molecule has 0 fully saturated rings. The topological polar surface area (TPSA) is 65.8 Å². The van der Waals surface area contributed by atoms with Crippen molar-refractivity contribution in [3.05, 3.63) is 83.4 Å². The van der Waals surface area contributed by atoms with Crippen LogP contribution < -0.4 is 5.32 Å². The van der Waals surface area contributed by atoms with Crippen molar-refractivity contribution in [3.8, 4) is 16.6 Å². The number of aryl methyl sites for hydroxylation is 1. The normalized spacial score (nSPS) is 10.5. The summed E-state index contributed by atoms with van der Waals surface area (Å²) in [6.45, 7) is 2.07. The monoisotopic (exact) mass is 369 g/mol. The molecule has 0 atom stereocenters. The van der Waals surface area contributed by atoms with E-state index in [1.54, 1.807) is 35.6 Å². The van der Waals surface area contributed by atoms with E-state index >= 15 is 0 Å². The van der Waals surface area contributed by atoms with E-state index in [9.17, 15) is 4.79 Å². The Labute approximate surface area is 160 Å². The Kier molecular flexibility index (Phi) is 4.41. The maximum atomic E-state index is 12.4. The van der Waals surface area contributed by atoms with Gasteiger partial charge in [0.05, 0.1) is 21.8 Å². The molecule has 4 rings (SSSR count). The van der Waals surface area contributed by atoms with Crippen LogP contribution in [0.2, 0.25) is 0 Å². The fraction of sp³-hybridized carbons (Fsp3) is 0.0455. The van der Waals surface area contributed by atoms with Gasteiger partial charge >= 0.3 is 0 Å². The molecule has 130 valence electrons. The predicted octanol–water partition coefficient (Wildman–Crippen LogP) is 5.40. The smallest absolute Gasteiger partial charge is 0.255 e. The first-order valence-corrected chi connectivity index (χ1v) is 9.23. The standard InChI is InChI=1S/C22H15N3OS/c1-14-5-10-19-20(11-14)27-22(25-19)16-6-8-18(9-7-16)24-21(26)17-4-2-3-15(12-17)13-23/h2-12H,1H3,(H,24,26). The molecule has 1 N–H and O–H groups in total. The number of hydrogen-bond donors (Lipinski definition) is 1. The van der Waals surface area contributed by atoms with Gasteiger partial charge in [0, 0.05) is 16.8 Å². The molecule has 0 aliphatic rings. The van der Waals surface area contributed by atoms with Gasteiger partial charge in [-0.05, 0) is 67.1 Å². The minimum absolute atomic E-state index is 0.240. The number of carbonyl (C=O) groups is 1. The van der Waals surface area contributed by atoms with Crippen molar-refractivity contribution in [1.29, 1.82) is 5.26 Å². The molecule has 1 aromatic heterocycles. The SMILES string of the molecule is Cc1ccc2nc(-c3ccc(NC(=O)c4cccc(C#N)c4)cc3)sc2c1. The molecule has 1 amide bonds. The van der Waals surface area contributed by atoms with Gasteiger partial charge in [-0.1, -0.05) is 12.1 Å². The highest BCUT2D eigenvalue weighted by Gasteiger charge is 2.09. The average Bonchev–Trinajstić information content (AvgIpc) is 3.11. The van der Waals surface area contributed by atoms with Crippen LogP contribution in [-0.2, 0) is 0 Å². The Morgan fingerprint density at radius 2 is 1.89 bits per heavy atom. The van der Waals surface area contributed by atoms with E-state index in [0.29, 0.717) is 16.8 Å². The van der Waals surface area contributed by atoms with Crippen LogP contribution in [0.5, 0.6) is 0 Å². The summed E-state index contributed by atoms with van der Waals surface area (Å²) >= 11 is 1.66. The number of nitriles is 1. The van der Waals surface area contributed by atoms with Gasteiger partial charge in [0.1, 0.15) is 5.01 Å². The highest BCUT2D eigenvalue weighted by Crippen LogP contribution is 2.31. The van der Waals surface area contributed by atoms with Gasteiger partial charge in [-0.2, -0.15) is 5.26 Å². The molecule has 5 heteroatoms. The summed E-state index contributed by atoms with van der Waals surface area (Å²) in [4.78, 5) is 17.0. The molecule has 1 heterocycles. The summed E-state index contributed by atoms with van der Waals surface area (Å²) in [7, 11) is 0. The first kappa shape index (κ1) is 17.0. The Morgan fingerprint density at radius 3 is 2.67 bits per heavy atom. The third-order valence-corrected chi connectivity index (χ3v) is 5.25. The van der Waals surface area contributed by atoms with Crippen LogP contribution in [0.25, 0.3) is 20.8 Å². The summed E-state index contributed by atoms with van der Waals surface area (Å²) in [5.41, 5.74) is 4.84. The number of carbonyl (C=O) groups excluding carboxylic acids is 1. The average molecular weight is 369 g/mol. The molecule has 0 unspecified atom stereocenters. The van der Waals surface area contributed by atoms with Crippen molar-refractivity contribution in [2.24, 2.45) is 0 Å². The third-order valence-electron chi connectivity index (χ3n) is 4.19. The van der Waals surface area contributed by atoms with Gasteiger partial charge < -0.3 is 5.32 Å². The van der Waals surface area contributed by atoms with Crippen LogP contribution in [0, 0.1) is 18.3 Å². The zero-order valence-corrected chi connectivity index (χ0v) is 15.4. The molecule has 4 nitrogen and oxygen atoms in total. The van der Waals surface area contributed by atoms with Crippen molar-refractivity contribution < 1.29 is 4.79 Å². The van der Waals surface area contributed by atoms with Crippen LogP contribution in [0.3, 0.4) is 0 Å². The zero-order valence-electron chi connectivity index (χ0n) is 14.6. The van der Waals surface area contributed by atoms with E-state index < -0.39 is 0 Å². The highest BCUT2D eigenvalue weighted by molar-refractivity contribution is 7.21. The molecule has 0 saturated heterocycles. The molecule has 0 radical (unpaired) electrons. The lowest BCUT2D eigenvalue weighted by Crippen LogP contribution is -2.11. The van der Waals surface area contributed by atoms with E-state index in [2.05, 4.69) is 29.4 Å². The fourth-order valence-corrected chi connectivity index (χ4v) is 3.85. The lowest BCUT2D eigenvalue weighted by Gasteiger charge is -2.06. The number of nitrogens with one attached hydrogen (secondary N) is 1. The molecular formula is C22H15N3OS. The maximum Gasteiger partial charge on any atom is 0.255 e. The van der Waals surface area contributed by atoms with E-state index in [1.165, 1.54) is 10.3 Å². The maximum absolute atomic E-state index is 12.4. The van der Waals surface area contributed by atoms with Gasteiger partial charge in [0.15, 0.2) is 0 Å². The number of amides is 1. The lowest BCUT2D eigenvalue weighted by atomic mass is 10.1. The largest absolute Gasteiger partial charge is 0.322 e. The first-order valence-electron chi connectivity index (χ1n) is 8.41. The Balaban J connectivity index is 1.54. The summed E-state index contributed by atoms with van der Waals surface area (Å²) in [5.74, 6) is -0.240. The van der Waals surface area contributed by atoms with E-state index in [4.69, 9.17) is 5.26 Å². The molecule has 0 bridgehead atoms. The lowest BCUT2D eigenvalue weighted by molar-refractivity contribution is 0.102. The summed E-state index contributed by atoms with van der Waals surface area (Å²) < 4.78 is 1.17. The van der Waals surface area contributed by atoms with Crippen molar-refractivity contribution in [2.75, 3.05) is 5.32 Å². The van der Waals surface area contributed by atoms with E-state index in [0.717, 1.165) is 16.1 Å². The second kappa shape index (κ2) is 7.02. The number of benzene rings is 3. The quantitative estimate of drug-likeness (QED) is 0.526. The Hall–Kier alpha value is -3.49.